The molecule has 0 bridgehead atoms. The zero-order chi connectivity index (χ0) is 12.7. The van der Waals surface area contributed by atoms with Crippen molar-refractivity contribution in [2.24, 2.45) is 5.92 Å². The van der Waals surface area contributed by atoms with E-state index in [1.54, 1.807) is 0 Å². The normalized spacial score (nSPS) is 11.1. The Hall–Kier alpha value is -0.530. The van der Waals surface area contributed by atoms with E-state index in [2.05, 4.69) is 37.4 Å². The van der Waals surface area contributed by atoms with Gasteiger partial charge >= 0.3 is 0 Å². The SMILES string of the molecule is Cc1ccc(CNCCCCC(C)C)cc1Cl. The van der Waals surface area contributed by atoms with Crippen LogP contribution in [-0.2, 0) is 6.54 Å². The molecule has 1 aromatic rings. The van der Waals surface area contributed by atoms with Crippen LogP contribution in [0.25, 0.3) is 0 Å². The predicted molar refractivity (Wildman–Crippen MR) is 76.6 cm³/mol. The maximum Gasteiger partial charge on any atom is 0.0438 e. The third-order valence-electron chi connectivity index (χ3n) is 2.95. The fourth-order valence-electron chi connectivity index (χ4n) is 1.78. The van der Waals surface area contributed by atoms with Gasteiger partial charge in [0.25, 0.3) is 0 Å². The fraction of sp³-hybridized carbons (Fsp3) is 0.600. The van der Waals surface area contributed by atoms with Crippen LogP contribution in [0.5, 0.6) is 0 Å². The molecule has 17 heavy (non-hydrogen) atoms. The molecule has 1 N–H and O–H groups in total. The van der Waals surface area contributed by atoms with E-state index in [0.29, 0.717) is 0 Å². The Morgan fingerprint density at radius 1 is 1.24 bits per heavy atom. The first-order valence-corrected chi connectivity index (χ1v) is 6.93. The van der Waals surface area contributed by atoms with Gasteiger partial charge in [-0.3, -0.25) is 0 Å². The van der Waals surface area contributed by atoms with Gasteiger partial charge in [-0.05, 0) is 43.0 Å². The summed E-state index contributed by atoms with van der Waals surface area (Å²) >= 11 is 6.08. The first kappa shape index (κ1) is 14.5. The lowest BCUT2D eigenvalue weighted by Crippen LogP contribution is -2.14. The number of rotatable bonds is 7. The number of hydrogen-bond acceptors (Lipinski definition) is 1. The molecule has 96 valence electrons. The second-order valence-corrected chi connectivity index (χ2v) is 5.56. The van der Waals surface area contributed by atoms with Gasteiger partial charge in [-0.25, -0.2) is 0 Å². The molecule has 1 rings (SSSR count). The average molecular weight is 254 g/mol. The number of aryl methyl sites for hydroxylation is 1. The van der Waals surface area contributed by atoms with Crippen LogP contribution in [0.1, 0.15) is 44.2 Å². The molecule has 2 heteroatoms. The molecule has 0 aliphatic rings. The summed E-state index contributed by atoms with van der Waals surface area (Å²) in [6.45, 7) is 8.61. The van der Waals surface area contributed by atoms with E-state index in [4.69, 9.17) is 11.6 Å². The topological polar surface area (TPSA) is 12.0 Å². The molecule has 0 unspecified atom stereocenters. The van der Waals surface area contributed by atoms with Crippen molar-refractivity contribution in [3.63, 3.8) is 0 Å². The van der Waals surface area contributed by atoms with Gasteiger partial charge in [0.05, 0.1) is 0 Å². The van der Waals surface area contributed by atoms with Crippen molar-refractivity contribution in [2.45, 2.75) is 46.6 Å². The zero-order valence-electron chi connectivity index (χ0n) is 11.2. The highest BCUT2D eigenvalue weighted by atomic mass is 35.5. The second-order valence-electron chi connectivity index (χ2n) is 5.15. The van der Waals surface area contributed by atoms with Gasteiger partial charge in [-0.2, -0.15) is 0 Å². The first-order chi connectivity index (χ1) is 8.09. The number of unbranched alkanes of at least 4 members (excludes halogenated alkanes) is 1. The minimum atomic E-state index is 0.825. The number of nitrogens with one attached hydrogen (secondary N) is 1. The van der Waals surface area contributed by atoms with E-state index >= 15 is 0 Å². The van der Waals surface area contributed by atoms with Gasteiger partial charge in [0.15, 0.2) is 0 Å². The second kappa shape index (κ2) is 7.73. The highest BCUT2D eigenvalue weighted by Crippen LogP contribution is 2.16. The van der Waals surface area contributed by atoms with Gasteiger partial charge in [-0.1, -0.05) is 50.4 Å². The van der Waals surface area contributed by atoms with Crippen LogP contribution in [0.3, 0.4) is 0 Å². The molecule has 0 radical (unpaired) electrons. The molecule has 0 fully saturated rings. The van der Waals surface area contributed by atoms with Gasteiger partial charge in [0, 0.05) is 11.6 Å². The molecule has 0 spiro atoms. The van der Waals surface area contributed by atoms with E-state index in [1.807, 2.05) is 6.92 Å². The standard InChI is InChI=1S/C15H24ClN/c1-12(2)6-4-5-9-17-11-14-8-7-13(3)15(16)10-14/h7-8,10,12,17H,4-6,9,11H2,1-3H3. The third-order valence-corrected chi connectivity index (χ3v) is 3.36. The highest BCUT2D eigenvalue weighted by Gasteiger charge is 1.98. The predicted octanol–water partition coefficient (Wildman–Crippen LogP) is 4.56. The summed E-state index contributed by atoms with van der Waals surface area (Å²) in [5.74, 6) is 0.825. The Morgan fingerprint density at radius 2 is 2.00 bits per heavy atom. The molecule has 0 aromatic heterocycles. The molecular weight excluding hydrogens is 230 g/mol. The Bertz CT molecular complexity index is 334. The van der Waals surface area contributed by atoms with Crippen LogP contribution in [0.2, 0.25) is 5.02 Å². The van der Waals surface area contributed by atoms with E-state index in [9.17, 15) is 0 Å². The Labute approximate surface area is 111 Å². The molecule has 0 aliphatic heterocycles. The van der Waals surface area contributed by atoms with E-state index in [-0.39, 0.29) is 0 Å². The third kappa shape index (κ3) is 6.09. The van der Waals surface area contributed by atoms with Crippen LogP contribution in [0, 0.1) is 12.8 Å². The minimum absolute atomic E-state index is 0.825. The molecule has 1 aromatic carbocycles. The van der Waals surface area contributed by atoms with Crippen molar-refractivity contribution in [2.75, 3.05) is 6.54 Å². The molecule has 0 saturated carbocycles. The summed E-state index contributed by atoms with van der Waals surface area (Å²) in [5, 5.41) is 4.33. The monoisotopic (exact) mass is 253 g/mol. The molecule has 0 atom stereocenters. The smallest absolute Gasteiger partial charge is 0.0438 e. The van der Waals surface area contributed by atoms with Crippen molar-refractivity contribution in [1.29, 1.82) is 0 Å². The minimum Gasteiger partial charge on any atom is -0.313 e. The molecule has 0 heterocycles. The summed E-state index contributed by atoms with van der Waals surface area (Å²) in [5.41, 5.74) is 2.41. The van der Waals surface area contributed by atoms with Gasteiger partial charge < -0.3 is 5.32 Å². The first-order valence-electron chi connectivity index (χ1n) is 6.55. The van der Waals surface area contributed by atoms with Crippen LogP contribution < -0.4 is 5.32 Å². The summed E-state index contributed by atoms with van der Waals surface area (Å²) in [7, 11) is 0. The lowest BCUT2D eigenvalue weighted by atomic mass is 10.1. The quantitative estimate of drug-likeness (QED) is 0.703. The largest absolute Gasteiger partial charge is 0.313 e. The fourth-order valence-corrected chi connectivity index (χ4v) is 1.98. The maximum atomic E-state index is 6.08. The number of halogens is 1. The molecule has 1 nitrogen and oxygen atoms in total. The number of benzene rings is 1. The van der Waals surface area contributed by atoms with Gasteiger partial charge in [0.2, 0.25) is 0 Å². The molecule has 0 aliphatic carbocycles. The van der Waals surface area contributed by atoms with Gasteiger partial charge in [0.1, 0.15) is 0 Å². The lowest BCUT2D eigenvalue weighted by Gasteiger charge is -2.07. The highest BCUT2D eigenvalue weighted by molar-refractivity contribution is 6.31. The summed E-state index contributed by atoms with van der Waals surface area (Å²) < 4.78 is 0. The van der Waals surface area contributed by atoms with E-state index in [1.165, 1.54) is 24.8 Å². The van der Waals surface area contributed by atoms with Crippen molar-refractivity contribution in [1.82, 2.24) is 5.32 Å². The molecular formula is C15H24ClN. The van der Waals surface area contributed by atoms with Crippen molar-refractivity contribution < 1.29 is 0 Å². The zero-order valence-corrected chi connectivity index (χ0v) is 12.0. The average Bonchev–Trinajstić information content (AvgIpc) is 2.27. The van der Waals surface area contributed by atoms with Crippen molar-refractivity contribution >= 4 is 11.6 Å². The Balaban J connectivity index is 2.16. The van der Waals surface area contributed by atoms with Crippen LogP contribution in [0.4, 0.5) is 0 Å². The van der Waals surface area contributed by atoms with Crippen molar-refractivity contribution in [3.8, 4) is 0 Å². The summed E-state index contributed by atoms with van der Waals surface area (Å²) in [6.07, 6.45) is 3.91. The van der Waals surface area contributed by atoms with Gasteiger partial charge in [-0.15, -0.1) is 0 Å². The Morgan fingerprint density at radius 3 is 2.65 bits per heavy atom. The molecule has 0 amide bonds. The van der Waals surface area contributed by atoms with Crippen molar-refractivity contribution in [3.05, 3.63) is 34.3 Å². The maximum absolute atomic E-state index is 6.08. The van der Waals surface area contributed by atoms with E-state index < -0.39 is 0 Å². The summed E-state index contributed by atoms with van der Waals surface area (Å²) in [4.78, 5) is 0. The van der Waals surface area contributed by atoms with Crippen LogP contribution in [0.15, 0.2) is 18.2 Å². The van der Waals surface area contributed by atoms with Crippen LogP contribution in [-0.4, -0.2) is 6.54 Å². The lowest BCUT2D eigenvalue weighted by molar-refractivity contribution is 0.520. The Kier molecular flexibility index (Phi) is 6.61. The molecule has 0 saturated heterocycles. The van der Waals surface area contributed by atoms with Crippen LogP contribution >= 0.6 is 11.6 Å². The number of hydrogen-bond donors (Lipinski definition) is 1. The summed E-state index contributed by atoms with van der Waals surface area (Å²) in [6, 6.07) is 6.28. The van der Waals surface area contributed by atoms with E-state index in [0.717, 1.165) is 29.6 Å².